The quantitative estimate of drug-likeness (QED) is 0.870. The van der Waals surface area contributed by atoms with Crippen molar-refractivity contribution in [3.8, 4) is 0 Å². The highest BCUT2D eigenvalue weighted by Crippen LogP contribution is 2.17. The molecule has 1 saturated heterocycles. The molecule has 1 aromatic heterocycles. The lowest BCUT2D eigenvalue weighted by Crippen LogP contribution is -2.38. The van der Waals surface area contributed by atoms with Gasteiger partial charge in [0.25, 0.3) is 0 Å². The van der Waals surface area contributed by atoms with E-state index in [1.54, 1.807) is 12.3 Å². The largest absolute Gasteiger partial charge is 0.309 e. The van der Waals surface area contributed by atoms with E-state index in [2.05, 4.69) is 29.0 Å². The monoisotopic (exact) mass is 251 g/mol. The Kier molecular flexibility index (Phi) is 4.66. The average molecular weight is 251 g/mol. The number of hydrogen-bond donors (Lipinski definition) is 1. The van der Waals surface area contributed by atoms with E-state index in [1.165, 1.54) is 25.6 Å². The number of likely N-dealkylation sites (tertiary alicyclic amines) is 1. The zero-order valence-corrected chi connectivity index (χ0v) is 11.2. The smallest absolute Gasteiger partial charge is 0.141 e. The molecule has 18 heavy (non-hydrogen) atoms. The summed E-state index contributed by atoms with van der Waals surface area (Å²) in [5, 5.41) is 3.48. The highest BCUT2D eigenvalue weighted by Gasteiger charge is 2.23. The van der Waals surface area contributed by atoms with Crippen molar-refractivity contribution in [2.75, 3.05) is 19.6 Å². The van der Waals surface area contributed by atoms with Crippen molar-refractivity contribution in [1.82, 2.24) is 15.2 Å². The molecule has 0 aromatic carbocycles. The number of halogens is 1. The van der Waals surface area contributed by atoms with Crippen molar-refractivity contribution in [1.29, 1.82) is 0 Å². The Labute approximate surface area is 108 Å². The van der Waals surface area contributed by atoms with Gasteiger partial charge < -0.3 is 5.32 Å². The van der Waals surface area contributed by atoms with E-state index in [9.17, 15) is 4.39 Å². The van der Waals surface area contributed by atoms with Gasteiger partial charge in [0.2, 0.25) is 0 Å². The summed E-state index contributed by atoms with van der Waals surface area (Å²) in [5.41, 5.74) is 0.913. The molecule has 1 aliphatic heterocycles. The molecule has 100 valence electrons. The van der Waals surface area contributed by atoms with Gasteiger partial charge in [-0.15, -0.1) is 0 Å². The lowest BCUT2D eigenvalue weighted by atomic mass is 10.1. The van der Waals surface area contributed by atoms with Gasteiger partial charge >= 0.3 is 0 Å². The molecule has 0 spiro atoms. The summed E-state index contributed by atoms with van der Waals surface area (Å²) >= 11 is 0. The number of hydrogen-bond acceptors (Lipinski definition) is 3. The van der Waals surface area contributed by atoms with Crippen LogP contribution in [-0.2, 0) is 0 Å². The molecule has 4 heteroatoms. The second-order valence-electron chi connectivity index (χ2n) is 4.99. The van der Waals surface area contributed by atoms with Crippen LogP contribution in [0.25, 0.3) is 0 Å². The molecule has 0 bridgehead atoms. The Bertz CT molecular complexity index is 383. The van der Waals surface area contributed by atoms with E-state index >= 15 is 0 Å². The summed E-state index contributed by atoms with van der Waals surface area (Å²) in [5.74, 6) is -0.266. The topological polar surface area (TPSA) is 28.2 Å². The molecule has 2 heterocycles. The Hall–Kier alpha value is -1.00. The lowest BCUT2D eigenvalue weighted by Gasteiger charge is -2.25. The molecule has 1 aliphatic rings. The van der Waals surface area contributed by atoms with Gasteiger partial charge in [-0.2, -0.15) is 0 Å². The third kappa shape index (κ3) is 3.27. The predicted molar refractivity (Wildman–Crippen MR) is 70.9 cm³/mol. The van der Waals surface area contributed by atoms with Crippen LogP contribution in [0, 0.1) is 5.82 Å². The van der Waals surface area contributed by atoms with Crippen LogP contribution in [0.1, 0.15) is 38.3 Å². The van der Waals surface area contributed by atoms with Gasteiger partial charge in [0.1, 0.15) is 5.82 Å². The Balaban J connectivity index is 1.86. The molecule has 2 atom stereocenters. The lowest BCUT2D eigenvalue weighted by molar-refractivity contribution is 0.255. The third-order valence-corrected chi connectivity index (χ3v) is 3.79. The maximum atomic E-state index is 13.1. The number of rotatable bonds is 5. The zero-order chi connectivity index (χ0) is 13.0. The molecule has 3 nitrogen and oxygen atoms in total. The number of likely N-dealkylation sites (N-methyl/N-ethyl adjacent to an activating group) is 1. The Morgan fingerprint density at radius 3 is 3.11 bits per heavy atom. The average Bonchev–Trinajstić information content (AvgIpc) is 2.83. The second kappa shape index (κ2) is 6.25. The normalized spacial score (nSPS) is 22.3. The first-order valence-electron chi connectivity index (χ1n) is 6.78. The van der Waals surface area contributed by atoms with Crippen molar-refractivity contribution < 1.29 is 4.39 Å². The van der Waals surface area contributed by atoms with E-state index in [-0.39, 0.29) is 11.9 Å². The van der Waals surface area contributed by atoms with Crippen LogP contribution < -0.4 is 5.32 Å². The van der Waals surface area contributed by atoms with Gasteiger partial charge in [0.15, 0.2) is 0 Å². The Morgan fingerprint density at radius 1 is 1.56 bits per heavy atom. The summed E-state index contributed by atoms with van der Waals surface area (Å²) in [6, 6.07) is 2.32. The first-order chi connectivity index (χ1) is 8.70. The second-order valence-corrected chi connectivity index (χ2v) is 4.99. The minimum atomic E-state index is -0.266. The molecular weight excluding hydrogens is 229 g/mol. The molecule has 0 saturated carbocycles. The van der Waals surface area contributed by atoms with E-state index < -0.39 is 0 Å². The number of pyridine rings is 1. The summed E-state index contributed by atoms with van der Waals surface area (Å²) in [6.45, 7) is 7.55. The van der Waals surface area contributed by atoms with Gasteiger partial charge in [-0.25, -0.2) is 4.39 Å². The molecule has 0 radical (unpaired) electrons. The van der Waals surface area contributed by atoms with Crippen LogP contribution in [0.4, 0.5) is 4.39 Å². The number of nitrogens with zero attached hydrogens (tertiary/aromatic N) is 2. The number of nitrogens with one attached hydrogen (secondary N) is 1. The van der Waals surface area contributed by atoms with E-state index in [1.807, 2.05) is 0 Å². The third-order valence-electron chi connectivity index (χ3n) is 3.79. The summed E-state index contributed by atoms with van der Waals surface area (Å²) in [7, 11) is 0. The van der Waals surface area contributed by atoms with E-state index in [0.717, 1.165) is 18.7 Å². The highest BCUT2D eigenvalue weighted by atomic mass is 19.1. The summed E-state index contributed by atoms with van der Waals surface area (Å²) in [4.78, 5) is 6.39. The van der Waals surface area contributed by atoms with Crippen LogP contribution in [0.2, 0.25) is 0 Å². The van der Waals surface area contributed by atoms with Gasteiger partial charge in [-0.3, -0.25) is 9.88 Å². The fourth-order valence-corrected chi connectivity index (χ4v) is 2.64. The molecule has 1 aromatic rings. The predicted octanol–water partition coefficient (Wildman–Crippen LogP) is 2.36. The minimum absolute atomic E-state index is 0.146. The first kappa shape index (κ1) is 13.4. The SMILES string of the molecule is CCN1CCCC1CNC(C)c1cncc(F)c1. The maximum absolute atomic E-state index is 13.1. The molecule has 1 N–H and O–H groups in total. The van der Waals surface area contributed by atoms with Crippen LogP contribution in [-0.4, -0.2) is 35.6 Å². The van der Waals surface area contributed by atoms with Gasteiger partial charge in [0, 0.05) is 24.8 Å². The van der Waals surface area contributed by atoms with Crippen LogP contribution >= 0.6 is 0 Å². The molecular formula is C14H22FN3. The van der Waals surface area contributed by atoms with Crippen molar-refractivity contribution in [3.63, 3.8) is 0 Å². The van der Waals surface area contributed by atoms with E-state index in [4.69, 9.17) is 0 Å². The fraction of sp³-hybridized carbons (Fsp3) is 0.643. The van der Waals surface area contributed by atoms with E-state index in [0.29, 0.717) is 6.04 Å². The highest BCUT2D eigenvalue weighted by molar-refractivity contribution is 5.14. The van der Waals surface area contributed by atoms with Crippen molar-refractivity contribution in [2.45, 2.75) is 38.8 Å². The van der Waals surface area contributed by atoms with Crippen LogP contribution in [0.3, 0.4) is 0 Å². The maximum Gasteiger partial charge on any atom is 0.141 e. The standard InChI is InChI=1S/C14H22FN3/c1-3-18-6-4-5-14(18)10-17-11(2)12-7-13(15)9-16-8-12/h7-9,11,14,17H,3-6,10H2,1-2H3. The van der Waals surface area contributed by atoms with Crippen LogP contribution in [0.5, 0.6) is 0 Å². The fourth-order valence-electron chi connectivity index (χ4n) is 2.64. The van der Waals surface area contributed by atoms with Gasteiger partial charge in [-0.1, -0.05) is 6.92 Å². The van der Waals surface area contributed by atoms with Crippen molar-refractivity contribution >= 4 is 0 Å². The van der Waals surface area contributed by atoms with Crippen molar-refractivity contribution in [3.05, 3.63) is 29.8 Å². The zero-order valence-electron chi connectivity index (χ0n) is 11.2. The minimum Gasteiger partial charge on any atom is -0.309 e. The molecule has 1 fully saturated rings. The molecule has 0 aliphatic carbocycles. The van der Waals surface area contributed by atoms with Gasteiger partial charge in [-0.05, 0) is 44.5 Å². The number of aromatic nitrogens is 1. The summed E-state index contributed by atoms with van der Waals surface area (Å²) < 4.78 is 13.1. The molecule has 2 unspecified atom stereocenters. The van der Waals surface area contributed by atoms with Crippen molar-refractivity contribution in [2.24, 2.45) is 0 Å². The van der Waals surface area contributed by atoms with Crippen LogP contribution in [0.15, 0.2) is 18.5 Å². The first-order valence-corrected chi connectivity index (χ1v) is 6.78. The molecule has 2 rings (SSSR count). The summed E-state index contributed by atoms with van der Waals surface area (Å²) in [6.07, 6.45) is 5.52. The Morgan fingerprint density at radius 2 is 2.39 bits per heavy atom. The van der Waals surface area contributed by atoms with Gasteiger partial charge in [0.05, 0.1) is 6.20 Å². The molecule has 0 amide bonds.